The van der Waals surface area contributed by atoms with Gasteiger partial charge in [-0.2, -0.15) is 0 Å². The van der Waals surface area contributed by atoms with Gasteiger partial charge in [0.05, 0.1) is 7.11 Å². The number of methoxy groups -OCH3 is 1. The number of ether oxygens (including phenoxy) is 1. The van der Waals surface area contributed by atoms with Crippen molar-refractivity contribution in [1.29, 1.82) is 0 Å². The number of carbonyl (C=O) groups excluding carboxylic acids is 1. The third-order valence-corrected chi connectivity index (χ3v) is 4.63. The molecule has 0 aliphatic carbocycles. The van der Waals surface area contributed by atoms with Crippen molar-refractivity contribution in [3.05, 3.63) is 16.6 Å². The molecule has 0 aromatic heterocycles. The van der Waals surface area contributed by atoms with Gasteiger partial charge < -0.3 is 16.2 Å². The molecule has 0 bridgehead atoms. The zero-order valence-corrected chi connectivity index (χ0v) is 13.3. The van der Waals surface area contributed by atoms with Crippen LogP contribution >= 0.6 is 15.9 Å². The lowest BCUT2D eigenvalue weighted by molar-refractivity contribution is -0.118. The van der Waals surface area contributed by atoms with Crippen LogP contribution in [0.3, 0.4) is 0 Å². The van der Waals surface area contributed by atoms with Gasteiger partial charge in [-0.1, -0.05) is 0 Å². The summed E-state index contributed by atoms with van der Waals surface area (Å²) in [6, 6.07) is 2.78. The van der Waals surface area contributed by atoms with Crippen molar-refractivity contribution in [2.24, 2.45) is 5.73 Å². The molecule has 7 nitrogen and oxygen atoms in total. The normalized spacial score (nSPS) is 11.3. The molecule has 1 rings (SSSR count). The summed E-state index contributed by atoms with van der Waals surface area (Å²) in [6.45, 7) is 0.102. The lowest BCUT2D eigenvalue weighted by Gasteiger charge is -2.12. The Morgan fingerprint density at radius 3 is 2.65 bits per heavy atom. The molecular weight excluding hydrogens is 350 g/mol. The van der Waals surface area contributed by atoms with Gasteiger partial charge in [0.15, 0.2) is 0 Å². The number of hydrogen-bond donors (Lipinski definition) is 3. The first-order valence-electron chi connectivity index (χ1n) is 5.69. The molecule has 20 heavy (non-hydrogen) atoms. The van der Waals surface area contributed by atoms with Crippen LogP contribution in [0.5, 0.6) is 5.75 Å². The molecule has 0 aliphatic rings. The van der Waals surface area contributed by atoms with E-state index in [4.69, 9.17) is 16.2 Å². The van der Waals surface area contributed by atoms with Gasteiger partial charge in [-0.15, -0.1) is 0 Å². The zero-order chi connectivity index (χ0) is 15.3. The summed E-state index contributed by atoms with van der Waals surface area (Å²) < 4.78 is 32.2. The number of benzene rings is 1. The Bertz CT molecular complexity index is 604. The summed E-state index contributed by atoms with van der Waals surface area (Å²) in [7, 11) is -2.40. The van der Waals surface area contributed by atoms with Crippen molar-refractivity contribution >= 4 is 37.5 Å². The Kier molecular flexibility index (Phi) is 5.78. The standard InChI is InChI=1S/C11H16BrN3O4S/c1-19-9-5-7(12)8(13)6-10(9)20(17,18)15-4-2-3-11(14)16/h5-6,15H,2-4,13H2,1H3,(H2,14,16). The fraction of sp³-hybridized carbons (Fsp3) is 0.364. The van der Waals surface area contributed by atoms with E-state index in [-0.39, 0.29) is 29.3 Å². The molecule has 1 amide bonds. The van der Waals surface area contributed by atoms with Crippen molar-refractivity contribution < 1.29 is 17.9 Å². The number of anilines is 1. The first kappa shape index (κ1) is 16.7. The van der Waals surface area contributed by atoms with Crippen molar-refractivity contribution in [2.75, 3.05) is 19.4 Å². The second kappa shape index (κ2) is 6.91. The molecule has 1 aromatic rings. The molecule has 0 fully saturated rings. The first-order valence-corrected chi connectivity index (χ1v) is 7.96. The minimum Gasteiger partial charge on any atom is -0.495 e. The molecule has 0 atom stereocenters. The monoisotopic (exact) mass is 365 g/mol. The van der Waals surface area contributed by atoms with E-state index in [1.54, 1.807) is 0 Å². The zero-order valence-electron chi connectivity index (χ0n) is 10.8. The molecule has 0 heterocycles. The number of nitrogens with one attached hydrogen (secondary N) is 1. The average molecular weight is 366 g/mol. The van der Waals surface area contributed by atoms with E-state index in [0.29, 0.717) is 10.9 Å². The molecule has 112 valence electrons. The highest BCUT2D eigenvalue weighted by molar-refractivity contribution is 9.10. The molecule has 0 radical (unpaired) electrons. The van der Waals surface area contributed by atoms with E-state index in [1.165, 1.54) is 19.2 Å². The average Bonchev–Trinajstić information content (AvgIpc) is 2.37. The van der Waals surface area contributed by atoms with E-state index < -0.39 is 15.9 Å². The van der Waals surface area contributed by atoms with Crippen molar-refractivity contribution in [3.8, 4) is 5.75 Å². The number of primary amides is 1. The SMILES string of the molecule is COc1cc(Br)c(N)cc1S(=O)(=O)NCCCC(N)=O. The summed E-state index contributed by atoms with van der Waals surface area (Å²) in [5, 5.41) is 0. The number of halogens is 1. The van der Waals surface area contributed by atoms with Crippen LogP contribution in [0.1, 0.15) is 12.8 Å². The smallest absolute Gasteiger partial charge is 0.244 e. The van der Waals surface area contributed by atoms with E-state index in [9.17, 15) is 13.2 Å². The lowest BCUT2D eigenvalue weighted by Crippen LogP contribution is -2.26. The fourth-order valence-corrected chi connectivity index (χ4v) is 3.05. The van der Waals surface area contributed by atoms with E-state index in [2.05, 4.69) is 20.7 Å². The molecule has 0 aliphatic heterocycles. The van der Waals surface area contributed by atoms with Gasteiger partial charge in [-0.05, 0) is 34.5 Å². The molecular formula is C11H16BrN3O4S. The maximum Gasteiger partial charge on any atom is 0.244 e. The molecule has 0 unspecified atom stereocenters. The first-order chi connectivity index (χ1) is 9.27. The highest BCUT2D eigenvalue weighted by Gasteiger charge is 2.20. The van der Waals surface area contributed by atoms with Crippen molar-refractivity contribution in [3.63, 3.8) is 0 Å². The summed E-state index contributed by atoms with van der Waals surface area (Å²) in [6.07, 6.45) is 0.436. The Hall–Kier alpha value is -1.32. The second-order valence-corrected chi connectivity index (χ2v) is 6.58. The largest absolute Gasteiger partial charge is 0.495 e. The van der Waals surface area contributed by atoms with Crippen molar-refractivity contribution in [2.45, 2.75) is 17.7 Å². The quantitative estimate of drug-likeness (QED) is 0.481. The maximum absolute atomic E-state index is 12.1. The van der Waals surface area contributed by atoms with Gasteiger partial charge in [0, 0.05) is 23.1 Å². The molecule has 0 spiro atoms. The highest BCUT2D eigenvalue weighted by atomic mass is 79.9. The van der Waals surface area contributed by atoms with Gasteiger partial charge in [0.2, 0.25) is 15.9 Å². The number of amides is 1. The summed E-state index contributed by atoms with van der Waals surface area (Å²) >= 11 is 3.20. The van der Waals surface area contributed by atoms with E-state index in [1.807, 2.05) is 0 Å². The predicted molar refractivity (Wildman–Crippen MR) is 78.7 cm³/mol. The Balaban J connectivity index is 2.92. The molecule has 5 N–H and O–H groups in total. The molecule has 9 heteroatoms. The van der Waals surface area contributed by atoms with Crippen LogP contribution < -0.4 is 20.9 Å². The van der Waals surface area contributed by atoms with Crippen LogP contribution in [-0.2, 0) is 14.8 Å². The van der Waals surface area contributed by atoms with Gasteiger partial charge in [-0.25, -0.2) is 13.1 Å². The minimum atomic E-state index is -3.77. The fourth-order valence-electron chi connectivity index (χ4n) is 1.47. The number of carbonyl (C=O) groups is 1. The summed E-state index contributed by atoms with van der Waals surface area (Å²) in [5.74, 6) is -0.303. The third kappa shape index (κ3) is 4.36. The van der Waals surface area contributed by atoms with Crippen LogP contribution in [0.15, 0.2) is 21.5 Å². The second-order valence-electron chi connectivity index (χ2n) is 3.99. The maximum atomic E-state index is 12.1. The Labute approximate surface area is 125 Å². The van der Waals surface area contributed by atoms with Crippen LogP contribution in [0, 0.1) is 0 Å². The van der Waals surface area contributed by atoms with Gasteiger partial charge in [-0.3, -0.25) is 4.79 Å². The third-order valence-electron chi connectivity index (χ3n) is 2.46. The van der Waals surface area contributed by atoms with Crippen LogP contribution in [-0.4, -0.2) is 28.0 Å². The number of nitrogen functional groups attached to an aromatic ring is 1. The number of rotatable bonds is 7. The van der Waals surface area contributed by atoms with E-state index in [0.717, 1.165) is 0 Å². The number of nitrogens with two attached hydrogens (primary N) is 2. The van der Waals surface area contributed by atoms with Gasteiger partial charge in [0.25, 0.3) is 0 Å². The molecule has 1 aromatic carbocycles. The predicted octanol–water partition coefficient (Wildman–Crippen LogP) is 0.584. The highest BCUT2D eigenvalue weighted by Crippen LogP contribution is 2.32. The van der Waals surface area contributed by atoms with Gasteiger partial charge >= 0.3 is 0 Å². The summed E-state index contributed by atoms with van der Waals surface area (Å²) in [5.41, 5.74) is 10.9. The lowest BCUT2D eigenvalue weighted by atomic mass is 10.3. The minimum absolute atomic E-state index is 0.0558. The van der Waals surface area contributed by atoms with Crippen LogP contribution in [0.25, 0.3) is 0 Å². The number of sulfonamides is 1. The van der Waals surface area contributed by atoms with Crippen LogP contribution in [0.2, 0.25) is 0 Å². The van der Waals surface area contributed by atoms with Gasteiger partial charge in [0.1, 0.15) is 10.6 Å². The van der Waals surface area contributed by atoms with Crippen molar-refractivity contribution in [1.82, 2.24) is 4.72 Å². The van der Waals surface area contributed by atoms with E-state index >= 15 is 0 Å². The Morgan fingerprint density at radius 1 is 1.45 bits per heavy atom. The number of hydrogen-bond acceptors (Lipinski definition) is 5. The molecule has 0 saturated carbocycles. The molecule has 0 saturated heterocycles. The van der Waals surface area contributed by atoms with Crippen LogP contribution in [0.4, 0.5) is 5.69 Å². The topological polar surface area (TPSA) is 125 Å². The Morgan fingerprint density at radius 2 is 2.10 bits per heavy atom. The summed E-state index contributed by atoms with van der Waals surface area (Å²) in [4.78, 5) is 10.5.